The second-order valence-corrected chi connectivity index (χ2v) is 6.78. The van der Waals surface area contributed by atoms with Crippen molar-refractivity contribution in [1.29, 1.82) is 0 Å². The molecule has 0 spiro atoms. The van der Waals surface area contributed by atoms with Crippen LogP contribution in [0.25, 0.3) is 5.57 Å². The molecule has 0 N–H and O–H groups in total. The van der Waals surface area contributed by atoms with Crippen molar-refractivity contribution in [1.82, 2.24) is 19.9 Å². The molecule has 0 aromatic carbocycles. The molecule has 28 heavy (non-hydrogen) atoms. The number of halogens is 1. The first-order chi connectivity index (χ1) is 13.5. The summed E-state index contributed by atoms with van der Waals surface area (Å²) in [7, 11) is 1.66. The van der Waals surface area contributed by atoms with Crippen LogP contribution in [0.3, 0.4) is 0 Å². The lowest BCUT2D eigenvalue weighted by atomic mass is 10.1. The minimum absolute atomic E-state index is 0.286. The molecule has 1 saturated carbocycles. The van der Waals surface area contributed by atoms with Gasteiger partial charge >= 0.3 is 0 Å². The molecule has 2 aromatic heterocycles. The Morgan fingerprint density at radius 1 is 1.36 bits per heavy atom. The van der Waals surface area contributed by atoms with E-state index in [4.69, 9.17) is 4.74 Å². The Kier molecular flexibility index (Phi) is 6.13. The van der Waals surface area contributed by atoms with Gasteiger partial charge in [0.2, 0.25) is 12.3 Å². The lowest BCUT2D eigenvalue weighted by Gasteiger charge is -2.12. The van der Waals surface area contributed by atoms with Crippen LogP contribution < -0.4 is 4.74 Å². The first-order valence-corrected chi connectivity index (χ1v) is 9.11. The van der Waals surface area contributed by atoms with Gasteiger partial charge < -0.3 is 9.64 Å². The van der Waals surface area contributed by atoms with Gasteiger partial charge in [-0.2, -0.15) is 4.98 Å². The highest BCUT2D eigenvalue weighted by atomic mass is 19.1. The number of aromatic nitrogens is 3. The highest BCUT2D eigenvalue weighted by Crippen LogP contribution is 2.46. The zero-order chi connectivity index (χ0) is 20.1. The van der Waals surface area contributed by atoms with E-state index in [1.807, 2.05) is 26.0 Å². The summed E-state index contributed by atoms with van der Waals surface area (Å²) < 4.78 is 19.1. The first-order valence-electron chi connectivity index (χ1n) is 9.11. The van der Waals surface area contributed by atoms with Gasteiger partial charge in [0.15, 0.2) is 0 Å². The number of carbonyl (C=O) groups is 1. The first kappa shape index (κ1) is 19.7. The zero-order valence-electron chi connectivity index (χ0n) is 16.2. The van der Waals surface area contributed by atoms with Crippen molar-refractivity contribution in [2.24, 2.45) is 5.92 Å². The summed E-state index contributed by atoms with van der Waals surface area (Å²) in [6.45, 7) is 4.22. The third-order valence-electron chi connectivity index (χ3n) is 4.64. The quantitative estimate of drug-likeness (QED) is 0.516. The van der Waals surface area contributed by atoms with Gasteiger partial charge in [-0.15, -0.1) is 0 Å². The number of rotatable bonds is 8. The molecule has 7 heteroatoms. The Morgan fingerprint density at radius 3 is 2.86 bits per heavy atom. The van der Waals surface area contributed by atoms with Gasteiger partial charge in [0.05, 0.1) is 18.4 Å². The van der Waals surface area contributed by atoms with Gasteiger partial charge in [0, 0.05) is 37.0 Å². The molecule has 0 aliphatic heterocycles. The van der Waals surface area contributed by atoms with E-state index in [1.54, 1.807) is 25.5 Å². The highest BCUT2D eigenvalue weighted by molar-refractivity contribution is 5.76. The predicted molar refractivity (Wildman–Crippen MR) is 104 cm³/mol. The van der Waals surface area contributed by atoms with E-state index in [0.717, 1.165) is 29.7 Å². The van der Waals surface area contributed by atoms with Crippen LogP contribution in [0, 0.1) is 18.7 Å². The van der Waals surface area contributed by atoms with Gasteiger partial charge in [-0.3, -0.25) is 9.78 Å². The third kappa shape index (κ3) is 4.79. The van der Waals surface area contributed by atoms with E-state index in [1.165, 1.54) is 17.2 Å². The number of hydrogen-bond donors (Lipinski definition) is 0. The summed E-state index contributed by atoms with van der Waals surface area (Å²) >= 11 is 0. The standard InChI is InChI=1S/C21H23FN4O2/c1-4-15(7-8-26(3)13-27)19-11-23-14(2)25-21(19)28-12-16-9-18(16)20-6-5-17(22)10-24-20/h4-8,10-11,13,16,18H,9,12H2,1-3H3/b8-7-,15-4+. The molecular formula is C21H23FN4O2. The molecule has 2 atom stereocenters. The number of pyridine rings is 1. The second kappa shape index (κ2) is 8.73. The summed E-state index contributed by atoms with van der Waals surface area (Å²) in [6.07, 6.45) is 10.1. The van der Waals surface area contributed by atoms with Gasteiger partial charge in [-0.1, -0.05) is 6.08 Å². The van der Waals surface area contributed by atoms with Crippen molar-refractivity contribution in [3.8, 4) is 5.88 Å². The molecule has 0 radical (unpaired) electrons. The topological polar surface area (TPSA) is 68.2 Å². The van der Waals surface area contributed by atoms with Crippen molar-refractivity contribution in [3.63, 3.8) is 0 Å². The molecule has 2 heterocycles. The van der Waals surface area contributed by atoms with Crippen LogP contribution in [0.2, 0.25) is 0 Å². The molecule has 0 saturated heterocycles. The minimum Gasteiger partial charge on any atom is -0.477 e. The molecule has 146 valence electrons. The van der Waals surface area contributed by atoms with Gasteiger partial charge in [-0.25, -0.2) is 9.37 Å². The predicted octanol–water partition coefficient (Wildman–Crippen LogP) is 3.51. The van der Waals surface area contributed by atoms with Crippen LogP contribution in [0.15, 0.2) is 42.9 Å². The van der Waals surface area contributed by atoms with Gasteiger partial charge in [-0.05, 0) is 44.1 Å². The SMILES string of the molecule is C/C=C(\C=C/N(C)C=O)c1cnc(C)nc1OCC1CC1c1ccc(F)cn1. The molecule has 6 nitrogen and oxygen atoms in total. The Bertz CT molecular complexity index is 896. The third-order valence-corrected chi connectivity index (χ3v) is 4.64. The number of carbonyl (C=O) groups excluding carboxylic acids is 1. The normalized spacial score (nSPS) is 18.9. The molecule has 3 rings (SSSR count). The molecule has 1 fully saturated rings. The maximum atomic E-state index is 13.0. The van der Waals surface area contributed by atoms with E-state index in [2.05, 4.69) is 15.0 Å². The van der Waals surface area contributed by atoms with Crippen molar-refractivity contribution < 1.29 is 13.9 Å². The monoisotopic (exact) mass is 382 g/mol. The number of aryl methyl sites for hydroxylation is 1. The summed E-state index contributed by atoms with van der Waals surface area (Å²) in [5.41, 5.74) is 2.51. The fourth-order valence-corrected chi connectivity index (χ4v) is 2.92. The van der Waals surface area contributed by atoms with Crippen LogP contribution in [-0.4, -0.2) is 39.9 Å². The Morgan fingerprint density at radius 2 is 2.18 bits per heavy atom. The fourth-order valence-electron chi connectivity index (χ4n) is 2.92. The van der Waals surface area contributed by atoms with Crippen molar-refractivity contribution in [3.05, 3.63) is 65.8 Å². The van der Waals surface area contributed by atoms with Crippen molar-refractivity contribution in [2.45, 2.75) is 26.2 Å². The number of nitrogens with zero attached hydrogens (tertiary/aromatic N) is 4. The molecule has 1 aliphatic rings. The molecule has 2 unspecified atom stereocenters. The van der Waals surface area contributed by atoms with Crippen molar-refractivity contribution >= 4 is 12.0 Å². The number of allylic oxidation sites excluding steroid dienone is 3. The number of hydrogen-bond acceptors (Lipinski definition) is 5. The maximum absolute atomic E-state index is 13.0. The fraction of sp³-hybridized carbons (Fsp3) is 0.333. The van der Waals surface area contributed by atoms with E-state index in [0.29, 0.717) is 24.2 Å². The van der Waals surface area contributed by atoms with Crippen LogP contribution in [0.4, 0.5) is 4.39 Å². The minimum atomic E-state index is -0.328. The van der Waals surface area contributed by atoms with Crippen molar-refractivity contribution in [2.75, 3.05) is 13.7 Å². The van der Waals surface area contributed by atoms with Gasteiger partial charge in [0.25, 0.3) is 0 Å². The Balaban J connectivity index is 1.70. The van der Waals surface area contributed by atoms with E-state index >= 15 is 0 Å². The summed E-state index contributed by atoms with van der Waals surface area (Å²) in [4.78, 5) is 25.1. The molecule has 1 amide bonds. The van der Waals surface area contributed by atoms with Crippen LogP contribution >= 0.6 is 0 Å². The molecule has 0 bridgehead atoms. The Hall–Kier alpha value is -3.09. The molecule has 2 aromatic rings. The van der Waals surface area contributed by atoms with E-state index < -0.39 is 0 Å². The molecule has 1 aliphatic carbocycles. The number of ether oxygens (including phenoxy) is 1. The zero-order valence-corrected chi connectivity index (χ0v) is 16.2. The molecular weight excluding hydrogens is 359 g/mol. The summed E-state index contributed by atoms with van der Waals surface area (Å²) in [5.74, 6) is 1.42. The highest BCUT2D eigenvalue weighted by Gasteiger charge is 2.40. The Labute approximate surface area is 163 Å². The summed E-state index contributed by atoms with van der Waals surface area (Å²) in [5, 5.41) is 0. The van der Waals surface area contributed by atoms with Crippen LogP contribution in [-0.2, 0) is 4.79 Å². The second-order valence-electron chi connectivity index (χ2n) is 6.78. The summed E-state index contributed by atoms with van der Waals surface area (Å²) in [6, 6.07) is 3.16. The van der Waals surface area contributed by atoms with E-state index in [-0.39, 0.29) is 11.7 Å². The van der Waals surface area contributed by atoms with Gasteiger partial charge in [0.1, 0.15) is 11.6 Å². The van der Waals surface area contributed by atoms with Crippen LogP contribution in [0.5, 0.6) is 5.88 Å². The average molecular weight is 382 g/mol. The lowest BCUT2D eigenvalue weighted by Crippen LogP contribution is -2.08. The average Bonchev–Trinajstić information content (AvgIpc) is 3.47. The maximum Gasteiger partial charge on any atom is 0.224 e. The van der Waals surface area contributed by atoms with Crippen LogP contribution in [0.1, 0.15) is 36.3 Å². The largest absolute Gasteiger partial charge is 0.477 e. The van der Waals surface area contributed by atoms with E-state index in [9.17, 15) is 9.18 Å². The smallest absolute Gasteiger partial charge is 0.224 e. The number of amides is 1. The lowest BCUT2D eigenvalue weighted by molar-refractivity contribution is -0.114.